The second kappa shape index (κ2) is 5.85. The van der Waals surface area contributed by atoms with Gasteiger partial charge in [-0.05, 0) is 28.6 Å². The molecule has 3 aromatic rings. The van der Waals surface area contributed by atoms with E-state index in [0.717, 1.165) is 11.5 Å². The molecule has 0 aliphatic carbocycles. The number of fused-ring (bicyclic) bond motifs is 1. The second-order valence-corrected chi connectivity index (χ2v) is 5.40. The summed E-state index contributed by atoms with van der Waals surface area (Å²) < 4.78 is 0. The zero-order chi connectivity index (χ0) is 12.9. The van der Waals surface area contributed by atoms with Crippen LogP contribution in [0.5, 0.6) is 0 Å². The van der Waals surface area contributed by atoms with Crippen molar-refractivity contribution in [1.29, 1.82) is 0 Å². The molecule has 0 bridgehead atoms. The lowest BCUT2D eigenvalue weighted by atomic mass is 10.1. The van der Waals surface area contributed by atoms with E-state index < -0.39 is 0 Å². The van der Waals surface area contributed by atoms with Crippen molar-refractivity contribution in [1.82, 2.24) is 9.97 Å². The van der Waals surface area contributed by atoms with Gasteiger partial charge in [-0.2, -0.15) is 11.8 Å². The van der Waals surface area contributed by atoms with Crippen molar-refractivity contribution < 1.29 is 0 Å². The highest BCUT2D eigenvalue weighted by Crippen LogP contribution is 2.20. The summed E-state index contributed by atoms with van der Waals surface area (Å²) in [6.45, 7) is 0. The average Bonchev–Trinajstić information content (AvgIpc) is 2.48. The Hall–Kier alpha value is -1.87. The molecule has 94 valence electrons. The lowest BCUT2D eigenvalue weighted by Gasteiger charge is -2.04. The van der Waals surface area contributed by atoms with Crippen molar-refractivity contribution in [2.24, 2.45) is 0 Å². The molecule has 0 atom stereocenters. The number of benzene rings is 1. The number of nitrogens with zero attached hydrogens (tertiary/aromatic N) is 2. The van der Waals surface area contributed by atoms with E-state index in [1.54, 1.807) is 0 Å². The summed E-state index contributed by atoms with van der Waals surface area (Å²) in [6, 6.07) is 12.7. The maximum atomic E-state index is 4.13. The van der Waals surface area contributed by atoms with Crippen LogP contribution in [-0.2, 0) is 11.5 Å². The minimum absolute atomic E-state index is 1.00. The highest BCUT2D eigenvalue weighted by atomic mass is 32.2. The topological polar surface area (TPSA) is 25.8 Å². The number of aromatic nitrogens is 2. The van der Waals surface area contributed by atoms with Crippen LogP contribution in [0.3, 0.4) is 0 Å². The van der Waals surface area contributed by atoms with Crippen LogP contribution in [-0.4, -0.2) is 9.97 Å². The molecular weight excluding hydrogens is 252 g/mol. The van der Waals surface area contributed by atoms with Crippen LogP contribution in [0.1, 0.15) is 11.1 Å². The molecule has 3 rings (SSSR count). The summed E-state index contributed by atoms with van der Waals surface area (Å²) in [4.78, 5) is 8.26. The van der Waals surface area contributed by atoms with Gasteiger partial charge in [0.05, 0.1) is 0 Å². The highest BCUT2D eigenvalue weighted by Gasteiger charge is 1.98. The lowest BCUT2D eigenvalue weighted by Crippen LogP contribution is -1.85. The molecule has 0 aliphatic heterocycles. The third-order valence-corrected chi connectivity index (χ3v) is 4.04. The van der Waals surface area contributed by atoms with Gasteiger partial charge in [-0.15, -0.1) is 0 Å². The van der Waals surface area contributed by atoms with Crippen LogP contribution in [0.25, 0.3) is 10.8 Å². The Morgan fingerprint density at radius 3 is 2.58 bits per heavy atom. The van der Waals surface area contributed by atoms with Crippen molar-refractivity contribution >= 4 is 22.5 Å². The summed E-state index contributed by atoms with van der Waals surface area (Å²) >= 11 is 1.91. The molecule has 0 aliphatic rings. The first-order valence-electron chi connectivity index (χ1n) is 6.21. The zero-order valence-corrected chi connectivity index (χ0v) is 11.3. The van der Waals surface area contributed by atoms with E-state index in [0.29, 0.717) is 0 Å². The van der Waals surface area contributed by atoms with Gasteiger partial charge < -0.3 is 0 Å². The molecular formula is C16H14N2S. The minimum Gasteiger partial charge on any atom is -0.264 e. The predicted octanol–water partition coefficient (Wildman–Crippen LogP) is 4.06. The summed E-state index contributed by atoms with van der Waals surface area (Å²) in [5, 5.41) is 2.46. The van der Waals surface area contributed by atoms with Gasteiger partial charge in [0, 0.05) is 41.7 Å². The normalized spacial score (nSPS) is 10.7. The lowest BCUT2D eigenvalue weighted by molar-refractivity contribution is 1.25. The molecule has 2 heterocycles. The van der Waals surface area contributed by atoms with E-state index in [1.807, 2.05) is 42.6 Å². The van der Waals surface area contributed by atoms with Gasteiger partial charge in [-0.25, -0.2) is 0 Å². The number of rotatable bonds is 4. The van der Waals surface area contributed by atoms with Crippen molar-refractivity contribution in [3.8, 4) is 0 Å². The van der Waals surface area contributed by atoms with Gasteiger partial charge in [0.15, 0.2) is 0 Å². The van der Waals surface area contributed by atoms with Gasteiger partial charge >= 0.3 is 0 Å². The third-order valence-electron chi connectivity index (χ3n) is 2.97. The van der Waals surface area contributed by atoms with E-state index in [2.05, 4.69) is 40.3 Å². The molecule has 0 unspecified atom stereocenters. The van der Waals surface area contributed by atoms with Gasteiger partial charge in [0.25, 0.3) is 0 Å². The summed E-state index contributed by atoms with van der Waals surface area (Å²) in [5.41, 5.74) is 2.63. The molecule has 1 aromatic carbocycles. The highest BCUT2D eigenvalue weighted by molar-refractivity contribution is 7.97. The first-order chi connectivity index (χ1) is 9.42. The number of hydrogen-bond donors (Lipinski definition) is 0. The van der Waals surface area contributed by atoms with Crippen LogP contribution in [0, 0.1) is 0 Å². The van der Waals surface area contributed by atoms with Crippen molar-refractivity contribution in [2.45, 2.75) is 11.5 Å². The second-order valence-electron chi connectivity index (χ2n) is 4.41. The molecule has 0 spiro atoms. The zero-order valence-electron chi connectivity index (χ0n) is 10.5. The number of pyridine rings is 2. The number of hydrogen-bond acceptors (Lipinski definition) is 3. The van der Waals surface area contributed by atoms with E-state index in [4.69, 9.17) is 0 Å². The van der Waals surface area contributed by atoms with Crippen LogP contribution < -0.4 is 0 Å². The molecule has 3 heteroatoms. The number of thioether (sulfide) groups is 1. The SMILES string of the molecule is c1cncc(CSCc2ccc3cnccc3c2)c1. The first-order valence-corrected chi connectivity index (χ1v) is 7.36. The molecule has 0 amide bonds. The maximum absolute atomic E-state index is 4.13. The Bertz CT molecular complexity index is 668. The third kappa shape index (κ3) is 3.12. The average molecular weight is 266 g/mol. The monoisotopic (exact) mass is 266 g/mol. The quantitative estimate of drug-likeness (QED) is 0.712. The molecule has 0 fully saturated rings. The Kier molecular flexibility index (Phi) is 3.75. The molecule has 0 N–H and O–H groups in total. The van der Waals surface area contributed by atoms with E-state index in [1.165, 1.54) is 21.9 Å². The molecule has 0 saturated heterocycles. The first kappa shape index (κ1) is 12.2. The van der Waals surface area contributed by atoms with E-state index in [9.17, 15) is 0 Å². The van der Waals surface area contributed by atoms with Gasteiger partial charge in [-0.1, -0.05) is 24.3 Å². The molecule has 0 radical (unpaired) electrons. The maximum Gasteiger partial charge on any atom is 0.0346 e. The molecule has 0 saturated carbocycles. The molecule has 19 heavy (non-hydrogen) atoms. The molecule has 2 aromatic heterocycles. The molecule has 2 nitrogen and oxygen atoms in total. The van der Waals surface area contributed by atoms with Crippen LogP contribution >= 0.6 is 11.8 Å². The van der Waals surface area contributed by atoms with Crippen molar-refractivity contribution in [3.63, 3.8) is 0 Å². The largest absolute Gasteiger partial charge is 0.264 e. The fourth-order valence-corrected chi connectivity index (χ4v) is 2.92. The Morgan fingerprint density at radius 1 is 0.789 bits per heavy atom. The Labute approximate surface area is 116 Å². The Balaban J connectivity index is 1.65. The predicted molar refractivity (Wildman–Crippen MR) is 81.0 cm³/mol. The van der Waals surface area contributed by atoms with E-state index >= 15 is 0 Å². The summed E-state index contributed by atoms with van der Waals surface area (Å²) in [7, 11) is 0. The van der Waals surface area contributed by atoms with Crippen molar-refractivity contribution in [3.05, 3.63) is 72.3 Å². The van der Waals surface area contributed by atoms with Crippen LogP contribution in [0.15, 0.2) is 61.2 Å². The summed E-state index contributed by atoms with van der Waals surface area (Å²) in [6.07, 6.45) is 7.49. The standard InChI is InChI=1S/C16H14N2S/c1-2-14(9-17-6-1)12-19-11-13-3-4-16-10-18-7-5-15(16)8-13/h1-10H,11-12H2. The smallest absolute Gasteiger partial charge is 0.0346 e. The Morgan fingerprint density at radius 2 is 1.68 bits per heavy atom. The van der Waals surface area contributed by atoms with Gasteiger partial charge in [0.1, 0.15) is 0 Å². The van der Waals surface area contributed by atoms with Crippen LogP contribution in [0.2, 0.25) is 0 Å². The van der Waals surface area contributed by atoms with E-state index in [-0.39, 0.29) is 0 Å². The fraction of sp³-hybridized carbons (Fsp3) is 0.125. The summed E-state index contributed by atoms with van der Waals surface area (Å²) in [5.74, 6) is 2.02. The van der Waals surface area contributed by atoms with Crippen molar-refractivity contribution in [2.75, 3.05) is 0 Å². The van der Waals surface area contributed by atoms with Gasteiger partial charge in [0.2, 0.25) is 0 Å². The van der Waals surface area contributed by atoms with Crippen LogP contribution in [0.4, 0.5) is 0 Å². The minimum atomic E-state index is 1.00. The van der Waals surface area contributed by atoms with Gasteiger partial charge in [-0.3, -0.25) is 9.97 Å². The fourth-order valence-electron chi connectivity index (χ4n) is 1.99.